The van der Waals surface area contributed by atoms with E-state index in [4.69, 9.17) is 4.74 Å². The molecule has 0 atom stereocenters. The second kappa shape index (κ2) is 11.7. The molecule has 2 aromatic carbocycles. The average molecular weight is 439 g/mol. The molecule has 2 aromatic rings. The maximum Gasteiger partial charge on any atom is 0.119 e. The van der Waals surface area contributed by atoms with Gasteiger partial charge in [-0.3, -0.25) is 0 Å². The fourth-order valence-corrected chi connectivity index (χ4v) is 3.45. The number of fused-ring (bicyclic) bond motifs is 1. The molecule has 0 unspecified atom stereocenters. The van der Waals surface area contributed by atoms with Crippen LogP contribution < -0.4 is 10.1 Å². The molecule has 0 spiro atoms. The first-order chi connectivity index (χ1) is 11.8. The summed E-state index contributed by atoms with van der Waals surface area (Å²) in [6.07, 6.45) is 10.6. The first-order valence-corrected chi connectivity index (χ1v) is 10.3. The molecule has 0 aliphatic rings. The van der Waals surface area contributed by atoms with Crippen LogP contribution in [-0.2, 0) is 0 Å². The summed E-state index contributed by atoms with van der Waals surface area (Å²) in [6.45, 7) is 1.99. The van der Waals surface area contributed by atoms with Crippen molar-refractivity contribution < 1.29 is 4.74 Å². The highest BCUT2D eigenvalue weighted by Gasteiger charge is 1.99. The van der Waals surface area contributed by atoms with Crippen LogP contribution in [0.4, 0.5) is 0 Å². The molecule has 0 saturated carbocycles. The standard InChI is InChI=1S/C21H30INO/c1-23-14-8-6-4-2-3-5-7-9-15-24-21-13-11-18-16-20(22)12-10-19(18)17-21/h10-13,16-17,23H,2-9,14-15H2,1H3. The highest BCUT2D eigenvalue weighted by atomic mass is 127. The van der Waals surface area contributed by atoms with E-state index in [-0.39, 0.29) is 0 Å². The molecule has 24 heavy (non-hydrogen) atoms. The van der Waals surface area contributed by atoms with Crippen molar-refractivity contribution >= 4 is 33.4 Å². The summed E-state index contributed by atoms with van der Waals surface area (Å²) in [5, 5.41) is 5.74. The van der Waals surface area contributed by atoms with Gasteiger partial charge in [-0.2, -0.15) is 0 Å². The zero-order valence-electron chi connectivity index (χ0n) is 14.8. The number of rotatable bonds is 12. The van der Waals surface area contributed by atoms with Crippen LogP contribution in [0, 0.1) is 3.57 Å². The Morgan fingerprint density at radius 3 is 2.17 bits per heavy atom. The molecule has 1 N–H and O–H groups in total. The van der Waals surface area contributed by atoms with Crippen LogP contribution >= 0.6 is 22.6 Å². The van der Waals surface area contributed by atoms with E-state index in [0.29, 0.717) is 0 Å². The van der Waals surface area contributed by atoms with E-state index in [0.717, 1.165) is 25.3 Å². The van der Waals surface area contributed by atoms with Gasteiger partial charge in [0.2, 0.25) is 0 Å². The van der Waals surface area contributed by atoms with E-state index in [1.165, 1.54) is 59.3 Å². The van der Waals surface area contributed by atoms with E-state index in [1.54, 1.807) is 0 Å². The summed E-state index contributed by atoms with van der Waals surface area (Å²) in [6, 6.07) is 12.9. The number of halogens is 1. The average Bonchev–Trinajstić information content (AvgIpc) is 2.59. The van der Waals surface area contributed by atoms with Crippen molar-refractivity contribution in [3.8, 4) is 5.75 Å². The van der Waals surface area contributed by atoms with Crippen LogP contribution in [0.25, 0.3) is 10.8 Å². The highest BCUT2D eigenvalue weighted by Crippen LogP contribution is 2.23. The Morgan fingerprint density at radius 1 is 0.792 bits per heavy atom. The van der Waals surface area contributed by atoms with Crippen LogP contribution in [0.1, 0.15) is 51.4 Å². The molecule has 0 heterocycles. The summed E-state index contributed by atoms with van der Waals surface area (Å²) in [5.74, 6) is 0.994. The van der Waals surface area contributed by atoms with Gasteiger partial charge in [0.15, 0.2) is 0 Å². The Balaban J connectivity index is 1.54. The molecule has 0 radical (unpaired) electrons. The summed E-state index contributed by atoms with van der Waals surface area (Å²) < 4.78 is 7.18. The Hall–Kier alpha value is -0.810. The molecule has 2 rings (SSSR count). The molecule has 2 nitrogen and oxygen atoms in total. The Morgan fingerprint density at radius 2 is 1.42 bits per heavy atom. The normalized spacial score (nSPS) is 11.1. The van der Waals surface area contributed by atoms with Crippen LogP contribution in [0.2, 0.25) is 0 Å². The van der Waals surface area contributed by atoms with Crippen molar-refractivity contribution in [1.29, 1.82) is 0 Å². The predicted octanol–water partition coefficient (Wildman–Crippen LogP) is 6.16. The molecule has 3 heteroatoms. The van der Waals surface area contributed by atoms with Crippen molar-refractivity contribution in [3.63, 3.8) is 0 Å². The Bertz CT molecular complexity index is 599. The van der Waals surface area contributed by atoms with Gasteiger partial charge < -0.3 is 10.1 Å². The number of benzene rings is 2. The van der Waals surface area contributed by atoms with Gasteiger partial charge in [-0.25, -0.2) is 0 Å². The summed E-state index contributed by atoms with van der Waals surface area (Å²) >= 11 is 2.35. The van der Waals surface area contributed by atoms with E-state index in [9.17, 15) is 0 Å². The van der Waals surface area contributed by atoms with E-state index in [1.807, 2.05) is 7.05 Å². The number of hydrogen-bond donors (Lipinski definition) is 1. The van der Waals surface area contributed by atoms with Crippen molar-refractivity contribution in [1.82, 2.24) is 5.32 Å². The monoisotopic (exact) mass is 439 g/mol. The van der Waals surface area contributed by atoms with Gasteiger partial charge >= 0.3 is 0 Å². The zero-order valence-corrected chi connectivity index (χ0v) is 17.0. The SMILES string of the molecule is CNCCCCCCCCCCOc1ccc2cc(I)ccc2c1. The number of nitrogens with one attached hydrogen (secondary N) is 1. The van der Waals surface area contributed by atoms with Gasteiger partial charge in [0.1, 0.15) is 5.75 Å². The van der Waals surface area contributed by atoms with E-state index < -0.39 is 0 Å². The molecule has 0 bridgehead atoms. The second-order valence-corrected chi connectivity index (χ2v) is 7.68. The molecule has 0 saturated heterocycles. The molecule has 0 fully saturated rings. The van der Waals surface area contributed by atoms with Crippen LogP contribution in [0.3, 0.4) is 0 Å². The van der Waals surface area contributed by atoms with Crippen LogP contribution in [0.5, 0.6) is 5.75 Å². The molecule has 132 valence electrons. The summed E-state index contributed by atoms with van der Waals surface area (Å²) in [5.41, 5.74) is 0. The first-order valence-electron chi connectivity index (χ1n) is 9.26. The highest BCUT2D eigenvalue weighted by molar-refractivity contribution is 14.1. The summed E-state index contributed by atoms with van der Waals surface area (Å²) in [4.78, 5) is 0. The van der Waals surface area contributed by atoms with Crippen molar-refractivity contribution in [2.75, 3.05) is 20.2 Å². The van der Waals surface area contributed by atoms with Gasteiger partial charge in [0, 0.05) is 3.57 Å². The number of unbranched alkanes of at least 4 members (excludes halogenated alkanes) is 7. The summed E-state index contributed by atoms with van der Waals surface area (Å²) in [7, 11) is 2.03. The lowest BCUT2D eigenvalue weighted by atomic mass is 10.1. The molecule has 0 aromatic heterocycles. The van der Waals surface area contributed by atoms with Gasteiger partial charge in [0.05, 0.1) is 6.61 Å². The fourth-order valence-electron chi connectivity index (χ4n) is 2.94. The van der Waals surface area contributed by atoms with Crippen LogP contribution in [0.15, 0.2) is 36.4 Å². The Labute approximate surface area is 160 Å². The molecular weight excluding hydrogens is 409 g/mol. The molecule has 0 amide bonds. The van der Waals surface area contributed by atoms with E-state index in [2.05, 4.69) is 64.3 Å². The Kier molecular flexibility index (Phi) is 9.51. The zero-order chi connectivity index (χ0) is 17.0. The molecular formula is C21H30INO. The van der Waals surface area contributed by atoms with Crippen LogP contribution in [-0.4, -0.2) is 20.2 Å². The lowest BCUT2D eigenvalue weighted by molar-refractivity contribution is 0.304. The maximum atomic E-state index is 5.91. The smallest absolute Gasteiger partial charge is 0.119 e. The van der Waals surface area contributed by atoms with Gasteiger partial charge in [0.25, 0.3) is 0 Å². The second-order valence-electron chi connectivity index (χ2n) is 6.43. The predicted molar refractivity (Wildman–Crippen MR) is 113 cm³/mol. The minimum atomic E-state index is 0.831. The fraction of sp³-hybridized carbons (Fsp3) is 0.524. The topological polar surface area (TPSA) is 21.3 Å². The minimum absolute atomic E-state index is 0.831. The quantitative estimate of drug-likeness (QED) is 0.316. The van der Waals surface area contributed by atoms with Crippen molar-refractivity contribution in [3.05, 3.63) is 40.0 Å². The largest absolute Gasteiger partial charge is 0.494 e. The van der Waals surface area contributed by atoms with Crippen molar-refractivity contribution in [2.45, 2.75) is 51.4 Å². The number of hydrogen-bond acceptors (Lipinski definition) is 2. The first kappa shape index (κ1) is 19.5. The minimum Gasteiger partial charge on any atom is -0.494 e. The van der Waals surface area contributed by atoms with Gasteiger partial charge in [-0.05, 0) is 84.1 Å². The molecule has 0 aliphatic carbocycles. The third-order valence-electron chi connectivity index (χ3n) is 4.36. The van der Waals surface area contributed by atoms with Gasteiger partial charge in [-0.15, -0.1) is 0 Å². The maximum absolute atomic E-state index is 5.91. The lowest BCUT2D eigenvalue weighted by Gasteiger charge is -2.08. The third kappa shape index (κ3) is 7.39. The van der Waals surface area contributed by atoms with E-state index >= 15 is 0 Å². The third-order valence-corrected chi connectivity index (χ3v) is 5.03. The lowest BCUT2D eigenvalue weighted by Crippen LogP contribution is -2.06. The van der Waals surface area contributed by atoms with Crippen molar-refractivity contribution in [2.24, 2.45) is 0 Å². The van der Waals surface area contributed by atoms with Gasteiger partial charge in [-0.1, -0.05) is 50.7 Å². The molecule has 0 aliphatic heterocycles. The number of ether oxygens (including phenoxy) is 1.